The Kier molecular flexibility index (Phi) is 7.96. The van der Waals surface area contributed by atoms with Gasteiger partial charge in [-0.05, 0) is 50.9 Å². The van der Waals surface area contributed by atoms with E-state index in [0.717, 1.165) is 19.4 Å². The summed E-state index contributed by atoms with van der Waals surface area (Å²) in [5.41, 5.74) is 1.92. The Labute approximate surface area is 145 Å². The molecule has 1 aromatic carbocycles. The van der Waals surface area contributed by atoms with Gasteiger partial charge < -0.3 is 10.2 Å². The smallest absolute Gasteiger partial charge is 0.220 e. The van der Waals surface area contributed by atoms with Crippen molar-refractivity contribution in [3.63, 3.8) is 0 Å². The van der Waals surface area contributed by atoms with E-state index in [1.54, 1.807) is 0 Å². The van der Waals surface area contributed by atoms with Crippen LogP contribution in [0.1, 0.15) is 61.4 Å². The molecule has 1 saturated heterocycles. The van der Waals surface area contributed by atoms with Gasteiger partial charge in [-0.3, -0.25) is 9.59 Å². The summed E-state index contributed by atoms with van der Waals surface area (Å²) >= 11 is 0. The molecule has 1 amide bonds. The zero-order chi connectivity index (χ0) is 17.2. The van der Waals surface area contributed by atoms with Gasteiger partial charge in [-0.2, -0.15) is 0 Å². The third-order valence-electron chi connectivity index (χ3n) is 4.69. The molecule has 0 unspecified atom stereocenters. The summed E-state index contributed by atoms with van der Waals surface area (Å²) in [6, 6.07) is 7.68. The molecule has 1 aliphatic rings. The number of nitrogens with zero attached hydrogens (tertiary/aromatic N) is 1. The normalized spacial score (nSPS) is 15.2. The average Bonchev–Trinajstić information content (AvgIpc) is 2.64. The maximum Gasteiger partial charge on any atom is 0.220 e. The summed E-state index contributed by atoms with van der Waals surface area (Å²) in [7, 11) is 0. The molecule has 1 fully saturated rings. The molecule has 0 aliphatic carbocycles. The molecule has 2 rings (SSSR count). The molecule has 4 nitrogen and oxygen atoms in total. The molecule has 0 saturated carbocycles. The van der Waals surface area contributed by atoms with Crippen LogP contribution in [0.4, 0.5) is 0 Å². The highest BCUT2D eigenvalue weighted by atomic mass is 16.2. The van der Waals surface area contributed by atoms with Crippen molar-refractivity contribution in [1.29, 1.82) is 0 Å². The van der Waals surface area contributed by atoms with Crippen LogP contribution in [0.2, 0.25) is 0 Å². The van der Waals surface area contributed by atoms with Crippen LogP contribution in [0.3, 0.4) is 0 Å². The van der Waals surface area contributed by atoms with Crippen molar-refractivity contribution in [2.24, 2.45) is 0 Å². The number of ketones is 1. The number of aryl methyl sites for hydroxylation is 1. The Morgan fingerprint density at radius 1 is 1.04 bits per heavy atom. The summed E-state index contributed by atoms with van der Waals surface area (Å²) < 4.78 is 0. The summed E-state index contributed by atoms with van der Waals surface area (Å²) in [6.45, 7) is 6.24. The number of hydrogen-bond acceptors (Lipinski definition) is 3. The van der Waals surface area contributed by atoms with Gasteiger partial charge in [-0.25, -0.2) is 0 Å². The van der Waals surface area contributed by atoms with Gasteiger partial charge in [-0.1, -0.05) is 37.6 Å². The molecule has 0 bridgehead atoms. The molecule has 0 spiro atoms. The van der Waals surface area contributed by atoms with Gasteiger partial charge in [0.25, 0.3) is 0 Å². The highest BCUT2D eigenvalue weighted by molar-refractivity contribution is 5.97. The van der Waals surface area contributed by atoms with Crippen LogP contribution in [0.15, 0.2) is 24.3 Å². The highest BCUT2D eigenvalue weighted by Crippen LogP contribution is 2.09. The van der Waals surface area contributed by atoms with Crippen LogP contribution >= 0.6 is 0 Å². The predicted octanol–water partition coefficient (Wildman–Crippen LogP) is 3.20. The van der Waals surface area contributed by atoms with Crippen LogP contribution in [-0.2, 0) is 11.2 Å². The lowest BCUT2D eigenvalue weighted by molar-refractivity contribution is -0.121. The van der Waals surface area contributed by atoms with Crippen LogP contribution < -0.4 is 5.32 Å². The maximum atomic E-state index is 12.1. The van der Waals surface area contributed by atoms with E-state index < -0.39 is 0 Å². The highest BCUT2D eigenvalue weighted by Gasteiger charge is 2.11. The quantitative estimate of drug-likeness (QED) is 0.559. The van der Waals surface area contributed by atoms with Gasteiger partial charge in [0.2, 0.25) is 5.91 Å². The molecule has 1 N–H and O–H groups in total. The second-order valence-corrected chi connectivity index (χ2v) is 6.58. The minimum absolute atomic E-state index is 0.0211. The van der Waals surface area contributed by atoms with Gasteiger partial charge in [0.1, 0.15) is 0 Å². The van der Waals surface area contributed by atoms with Crippen LogP contribution in [0.25, 0.3) is 0 Å². The first kappa shape index (κ1) is 18.7. The zero-order valence-corrected chi connectivity index (χ0v) is 14.9. The maximum absolute atomic E-state index is 12.1. The summed E-state index contributed by atoms with van der Waals surface area (Å²) in [4.78, 5) is 26.4. The lowest BCUT2D eigenvalue weighted by atomic mass is 10.0. The van der Waals surface area contributed by atoms with Crippen LogP contribution in [-0.4, -0.2) is 42.8 Å². The van der Waals surface area contributed by atoms with Gasteiger partial charge in [-0.15, -0.1) is 0 Å². The Hall–Kier alpha value is -1.68. The molecule has 0 aromatic heterocycles. The number of benzene rings is 1. The van der Waals surface area contributed by atoms with E-state index in [1.165, 1.54) is 37.9 Å². The lowest BCUT2D eigenvalue weighted by Gasteiger charge is -2.26. The second kappa shape index (κ2) is 10.2. The van der Waals surface area contributed by atoms with Crippen molar-refractivity contribution < 1.29 is 9.59 Å². The second-order valence-electron chi connectivity index (χ2n) is 6.58. The summed E-state index contributed by atoms with van der Waals surface area (Å²) in [6.07, 6.45) is 6.46. The number of carbonyl (C=O) groups excluding carboxylic acids is 2. The third kappa shape index (κ3) is 6.44. The van der Waals surface area contributed by atoms with Crippen molar-refractivity contribution in [3.05, 3.63) is 35.4 Å². The molecule has 132 valence electrons. The third-order valence-corrected chi connectivity index (χ3v) is 4.69. The predicted molar refractivity (Wildman–Crippen MR) is 97.3 cm³/mol. The lowest BCUT2D eigenvalue weighted by Crippen LogP contribution is -2.33. The van der Waals surface area contributed by atoms with Crippen molar-refractivity contribution >= 4 is 11.7 Å². The standard InChI is InChI=1S/C20H30N2O2/c1-2-17-7-9-18(10-8-17)19(23)11-12-20(24)21-13-6-16-22-14-4-3-5-15-22/h7-10H,2-6,11-16H2,1H3,(H,21,24). The fraction of sp³-hybridized carbons (Fsp3) is 0.600. The topological polar surface area (TPSA) is 49.4 Å². The number of piperidine rings is 1. The first-order chi connectivity index (χ1) is 11.7. The SMILES string of the molecule is CCc1ccc(C(=O)CCC(=O)NCCCN2CCCCC2)cc1. The van der Waals surface area contributed by atoms with E-state index in [0.29, 0.717) is 12.1 Å². The van der Waals surface area contributed by atoms with Crippen molar-refractivity contribution in [2.45, 2.75) is 51.9 Å². The fourth-order valence-electron chi connectivity index (χ4n) is 3.10. The van der Waals surface area contributed by atoms with Gasteiger partial charge >= 0.3 is 0 Å². The number of likely N-dealkylation sites (tertiary alicyclic amines) is 1. The first-order valence-corrected chi connectivity index (χ1v) is 9.30. The molecule has 1 heterocycles. The number of Topliss-reactive ketones (excluding diaryl/α,β-unsaturated/α-hetero) is 1. The minimum atomic E-state index is -0.0211. The average molecular weight is 330 g/mol. The van der Waals surface area contributed by atoms with E-state index in [9.17, 15) is 9.59 Å². The molecular formula is C20H30N2O2. The molecule has 1 aromatic rings. The van der Waals surface area contributed by atoms with Crippen LogP contribution in [0.5, 0.6) is 0 Å². The van der Waals surface area contributed by atoms with Gasteiger partial charge in [0.15, 0.2) is 5.78 Å². The number of carbonyl (C=O) groups is 2. The number of hydrogen-bond donors (Lipinski definition) is 1. The molecule has 0 atom stereocenters. The Morgan fingerprint density at radius 2 is 1.75 bits per heavy atom. The van der Waals surface area contributed by atoms with E-state index >= 15 is 0 Å². The largest absolute Gasteiger partial charge is 0.356 e. The van der Waals surface area contributed by atoms with Gasteiger partial charge in [0, 0.05) is 24.9 Å². The molecule has 1 aliphatic heterocycles. The Morgan fingerprint density at radius 3 is 2.42 bits per heavy atom. The minimum Gasteiger partial charge on any atom is -0.356 e. The van der Waals surface area contributed by atoms with Crippen molar-refractivity contribution in [1.82, 2.24) is 10.2 Å². The molecule has 0 radical (unpaired) electrons. The number of amides is 1. The fourth-order valence-corrected chi connectivity index (χ4v) is 3.10. The van der Waals surface area contributed by atoms with Gasteiger partial charge in [0.05, 0.1) is 0 Å². The number of rotatable bonds is 9. The van der Waals surface area contributed by atoms with E-state index in [-0.39, 0.29) is 24.5 Å². The summed E-state index contributed by atoms with van der Waals surface area (Å²) in [5.74, 6) is 0.0216. The van der Waals surface area contributed by atoms with E-state index in [4.69, 9.17) is 0 Å². The molecule has 4 heteroatoms. The zero-order valence-electron chi connectivity index (χ0n) is 14.9. The monoisotopic (exact) mass is 330 g/mol. The Balaban J connectivity index is 1.58. The Bertz CT molecular complexity index is 519. The van der Waals surface area contributed by atoms with Crippen molar-refractivity contribution in [3.8, 4) is 0 Å². The molecular weight excluding hydrogens is 300 g/mol. The van der Waals surface area contributed by atoms with Crippen LogP contribution in [0, 0.1) is 0 Å². The number of nitrogens with one attached hydrogen (secondary N) is 1. The van der Waals surface area contributed by atoms with E-state index in [2.05, 4.69) is 17.1 Å². The first-order valence-electron chi connectivity index (χ1n) is 9.30. The van der Waals surface area contributed by atoms with Crippen molar-refractivity contribution in [2.75, 3.05) is 26.2 Å². The summed E-state index contributed by atoms with van der Waals surface area (Å²) in [5, 5.41) is 2.93. The molecule has 24 heavy (non-hydrogen) atoms. The van der Waals surface area contributed by atoms with E-state index in [1.807, 2.05) is 24.3 Å².